The first-order valence-corrected chi connectivity index (χ1v) is 6.41. The maximum atomic E-state index is 13.0. The van der Waals surface area contributed by atoms with Crippen molar-refractivity contribution in [3.63, 3.8) is 0 Å². The van der Waals surface area contributed by atoms with Crippen molar-refractivity contribution in [3.05, 3.63) is 29.6 Å². The van der Waals surface area contributed by atoms with E-state index in [0.717, 1.165) is 17.9 Å². The van der Waals surface area contributed by atoms with E-state index in [1.54, 1.807) is 6.07 Å². The highest BCUT2D eigenvalue weighted by molar-refractivity contribution is 5.50. The molecule has 1 aliphatic carbocycles. The lowest BCUT2D eigenvalue weighted by atomic mass is 10.2. The van der Waals surface area contributed by atoms with Crippen LogP contribution in [-0.4, -0.2) is 31.0 Å². The van der Waals surface area contributed by atoms with Gasteiger partial charge in [-0.15, -0.1) is 0 Å². The predicted octanol–water partition coefficient (Wildman–Crippen LogP) is 2.33. The quantitative estimate of drug-likeness (QED) is 0.783. The zero-order valence-electron chi connectivity index (χ0n) is 10.7. The van der Waals surface area contributed by atoms with Crippen molar-refractivity contribution >= 4 is 5.69 Å². The number of aliphatic hydroxyl groups excluding tert-OH is 1. The maximum Gasteiger partial charge on any atom is 0.125 e. The molecule has 4 heteroatoms. The summed E-state index contributed by atoms with van der Waals surface area (Å²) in [5.41, 5.74) is 1.68. The molecule has 0 bridgehead atoms. The van der Waals surface area contributed by atoms with Gasteiger partial charge in [-0.05, 0) is 43.4 Å². The van der Waals surface area contributed by atoms with Gasteiger partial charge < -0.3 is 15.2 Å². The third kappa shape index (κ3) is 4.27. The molecule has 1 saturated carbocycles. The van der Waals surface area contributed by atoms with Crippen LogP contribution in [0.15, 0.2) is 18.2 Å². The topological polar surface area (TPSA) is 41.5 Å². The molecule has 1 aliphatic rings. The first-order chi connectivity index (χ1) is 8.65. The van der Waals surface area contributed by atoms with E-state index < -0.39 is 6.10 Å². The Morgan fingerprint density at radius 2 is 2.28 bits per heavy atom. The van der Waals surface area contributed by atoms with Gasteiger partial charge in [0.25, 0.3) is 0 Å². The molecule has 0 heterocycles. The zero-order chi connectivity index (χ0) is 13.0. The second kappa shape index (κ2) is 6.16. The monoisotopic (exact) mass is 253 g/mol. The molecule has 0 aliphatic heterocycles. The summed E-state index contributed by atoms with van der Waals surface area (Å²) in [7, 11) is 0. The highest BCUT2D eigenvalue weighted by Crippen LogP contribution is 2.28. The van der Waals surface area contributed by atoms with Crippen molar-refractivity contribution in [2.45, 2.75) is 25.9 Å². The third-order valence-corrected chi connectivity index (χ3v) is 3.09. The molecular formula is C14H20FNO2. The van der Waals surface area contributed by atoms with Gasteiger partial charge in [-0.3, -0.25) is 0 Å². The summed E-state index contributed by atoms with van der Waals surface area (Å²) < 4.78 is 18.4. The fourth-order valence-corrected chi connectivity index (χ4v) is 1.73. The Morgan fingerprint density at radius 1 is 1.50 bits per heavy atom. The molecule has 18 heavy (non-hydrogen) atoms. The van der Waals surface area contributed by atoms with E-state index in [1.807, 2.05) is 6.92 Å². The average molecular weight is 253 g/mol. The summed E-state index contributed by atoms with van der Waals surface area (Å²) >= 11 is 0. The van der Waals surface area contributed by atoms with Crippen LogP contribution < -0.4 is 5.32 Å². The normalized spacial score (nSPS) is 16.6. The van der Waals surface area contributed by atoms with E-state index in [4.69, 9.17) is 4.74 Å². The molecule has 1 aromatic rings. The van der Waals surface area contributed by atoms with E-state index >= 15 is 0 Å². The lowest BCUT2D eigenvalue weighted by Crippen LogP contribution is -2.25. The first kappa shape index (κ1) is 13.3. The molecule has 3 nitrogen and oxygen atoms in total. The van der Waals surface area contributed by atoms with Gasteiger partial charge in [0.15, 0.2) is 0 Å². The predicted molar refractivity (Wildman–Crippen MR) is 69.2 cm³/mol. The van der Waals surface area contributed by atoms with Gasteiger partial charge in [0.1, 0.15) is 5.82 Å². The van der Waals surface area contributed by atoms with Crippen LogP contribution in [0.5, 0.6) is 0 Å². The number of hydrogen-bond acceptors (Lipinski definition) is 3. The van der Waals surface area contributed by atoms with Gasteiger partial charge in [-0.25, -0.2) is 4.39 Å². The SMILES string of the molecule is Cc1ccc(F)cc1NCC(O)COCC1CC1. The van der Waals surface area contributed by atoms with Crippen LogP contribution in [0.2, 0.25) is 0 Å². The summed E-state index contributed by atoms with van der Waals surface area (Å²) in [6.45, 7) is 3.35. The number of aryl methyl sites for hydroxylation is 1. The molecule has 2 N–H and O–H groups in total. The largest absolute Gasteiger partial charge is 0.389 e. The highest BCUT2D eigenvalue weighted by atomic mass is 19.1. The van der Waals surface area contributed by atoms with Crippen molar-refractivity contribution < 1.29 is 14.2 Å². The lowest BCUT2D eigenvalue weighted by Gasteiger charge is -2.14. The first-order valence-electron chi connectivity index (χ1n) is 6.41. The second-order valence-electron chi connectivity index (χ2n) is 4.97. The molecule has 100 valence electrons. The van der Waals surface area contributed by atoms with E-state index in [9.17, 15) is 9.50 Å². The molecule has 1 unspecified atom stereocenters. The molecule has 0 amide bonds. The van der Waals surface area contributed by atoms with Crippen LogP contribution in [0.25, 0.3) is 0 Å². The highest BCUT2D eigenvalue weighted by Gasteiger charge is 2.21. The molecule has 0 spiro atoms. The Bertz CT molecular complexity index is 393. The minimum Gasteiger partial charge on any atom is -0.389 e. The van der Waals surface area contributed by atoms with E-state index in [-0.39, 0.29) is 5.82 Å². The second-order valence-corrected chi connectivity index (χ2v) is 4.97. The van der Waals surface area contributed by atoms with Crippen molar-refractivity contribution in [2.75, 3.05) is 25.1 Å². The van der Waals surface area contributed by atoms with Crippen LogP contribution in [0.4, 0.5) is 10.1 Å². The van der Waals surface area contributed by atoms with Crippen molar-refractivity contribution in [3.8, 4) is 0 Å². The minimum absolute atomic E-state index is 0.275. The standard InChI is InChI=1S/C14H20FNO2/c1-10-2-5-12(15)6-14(10)16-7-13(17)9-18-8-11-3-4-11/h2,5-6,11,13,16-17H,3-4,7-9H2,1H3. The number of hydrogen-bond donors (Lipinski definition) is 2. The molecular weight excluding hydrogens is 233 g/mol. The molecule has 0 saturated heterocycles. The van der Waals surface area contributed by atoms with Gasteiger partial charge in [-0.2, -0.15) is 0 Å². The van der Waals surface area contributed by atoms with Crippen molar-refractivity contribution in [1.29, 1.82) is 0 Å². The van der Waals surface area contributed by atoms with Crippen LogP contribution >= 0.6 is 0 Å². The molecule has 0 radical (unpaired) electrons. The van der Waals surface area contributed by atoms with Gasteiger partial charge in [0.2, 0.25) is 0 Å². The summed E-state index contributed by atoms with van der Waals surface area (Å²) in [5, 5.41) is 12.8. The molecule has 0 aromatic heterocycles. The summed E-state index contributed by atoms with van der Waals surface area (Å²) in [6.07, 6.45) is 1.93. The molecule has 1 fully saturated rings. The Hall–Kier alpha value is -1.13. The number of halogens is 1. The molecule has 2 rings (SSSR count). The average Bonchev–Trinajstić information content (AvgIpc) is 3.14. The van der Waals surface area contributed by atoms with Crippen molar-refractivity contribution in [2.24, 2.45) is 5.92 Å². The van der Waals surface area contributed by atoms with Gasteiger partial charge in [0.05, 0.1) is 12.7 Å². The fourth-order valence-electron chi connectivity index (χ4n) is 1.73. The summed E-state index contributed by atoms with van der Waals surface area (Å²) in [4.78, 5) is 0. The van der Waals surface area contributed by atoms with Crippen molar-refractivity contribution in [1.82, 2.24) is 0 Å². The van der Waals surface area contributed by atoms with E-state index in [1.165, 1.54) is 25.0 Å². The number of rotatable bonds is 7. The summed E-state index contributed by atoms with van der Waals surface area (Å²) in [6, 6.07) is 4.58. The van der Waals surface area contributed by atoms with Crippen LogP contribution in [-0.2, 0) is 4.74 Å². The number of benzene rings is 1. The molecule has 1 atom stereocenters. The van der Waals surface area contributed by atoms with E-state index in [2.05, 4.69) is 5.32 Å². The fraction of sp³-hybridized carbons (Fsp3) is 0.571. The Balaban J connectivity index is 1.70. The Morgan fingerprint density at radius 3 is 3.00 bits per heavy atom. The maximum absolute atomic E-state index is 13.0. The zero-order valence-corrected chi connectivity index (χ0v) is 10.7. The third-order valence-electron chi connectivity index (χ3n) is 3.09. The number of aliphatic hydroxyl groups is 1. The van der Waals surface area contributed by atoms with E-state index in [0.29, 0.717) is 19.1 Å². The minimum atomic E-state index is -0.564. The number of ether oxygens (including phenoxy) is 1. The van der Waals surface area contributed by atoms with Crippen LogP contribution in [0.3, 0.4) is 0 Å². The smallest absolute Gasteiger partial charge is 0.125 e. The number of nitrogens with one attached hydrogen (secondary N) is 1. The molecule has 1 aromatic carbocycles. The van der Waals surface area contributed by atoms with Gasteiger partial charge >= 0.3 is 0 Å². The summed E-state index contributed by atoms with van der Waals surface area (Å²) in [5.74, 6) is 0.429. The van der Waals surface area contributed by atoms with Crippen LogP contribution in [0.1, 0.15) is 18.4 Å². The van der Waals surface area contributed by atoms with Gasteiger partial charge in [-0.1, -0.05) is 6.07 Å². The lowest BCUT2D eigenvalue weighted by molar-refractivity contribution is 0.0386. The van der Waals surface area contributed by atoms with Gasteiger partial charge in [0, 0.05) is 18.8 Å². The number of anilines is 1. The Labute approximate surface area is 107 Å². The van der Waals surface area contributed by atoms with Crippen LogP contribution in [0, 0.1) is 18.7 Å². The Kier molecular flexibility index (Phi) is 4.55.